The van der Waals surface area contributed by atoms with Crippen LogP contribution in [-0.2, 0) is 4.79 Å². The van der Waals surface area contributed by atoms with Crippen molar-refractivity contribution >= 4 is 34.7 Å². The third-order valence-electron chi connectivity index (χ3n) is 2.07. The molecule has 0 saturated heterocycles. The molecule has 18 heavy (non-hydrogen) atoms. The fourth-order valence-electron chi connectivity index (χ4n) is 1.33. The Morgan fingerprint density at radius 2 is 2.06 bits per heavy atom. The first-order valence-electron chi connectivity index (χ1n) is 5.23. The van der Waals surface area contributed by atoms with E-state index in [1.54, 1.807) is 18.2 Å². The second kappa shape index (κ2) is 5.42. The number of carbonyl (C=O) groups is 2. The maximum atomic E-state index is 11.7. The lowest BCUT2D eigenvalue weighted by molar-refractivity contribution is -0.114. The van der Waals surface area contributed by atoms with Crippen LogP contribution in [0.15, 0.2) is 35.8 Å². The Labute approximate surface area is 108 Å². The fourth-order valence-corrected chi connectivity index (χ4v) is 1.95. The van der Waals surface area contributed by atoms with Gasteiger partial charge in [-0.25, -0.2) is 4.98 Å². The molecule has 2 aromatic rings. The summed E-state index contributed by atoms with van der Waals surface area (Å²) in [6.07, 6.45) is 1.49. The maximum absolute atomic E-state index is 11.7. The lowest BCUT2D eigenvalue weighted by atomic mass is 10.4. The minimum absolute atomic E-state index is 0.160. The molecule has 0 spiro atoms. The molecular formula is C12H11N3O2S. The Bertz CT molecular complexity index is 549. The van der Waals surface area contributed by atoms with E-state index in [9.17, 15) is 9.59 Å². The summed E-state index contributed by atoms with van der Waals surface area (Å²) in [5.74, 6) is 0.0967. The number of amides is 2. The predicted molar refractivity (Wildman–Crippen MR) is 70.8 cm³/mol. The third kappa shape index (κ3) is 3.14. The molecule has 92 valence electrons. The average molecular weight is 261 g/mol. The average Bonchev–Trinajstić information content (AvgIpc) is 2.84. The number of hydrogen-bond donors (Lipinski definition) is 2. The quantitative estimate of drug-likeness (QED) is 0.891. The van der Waals surface area contributed by atoms with E-state index in [-0.39, 0.29) is 11.8 Å². The van der Waals surface area contributed by atoms with Gasteiger partial charge in [-0.1, -0.05) is 6.07 Å². The van der Waals surface area contributed by atoms with Crippen molar-refractivity contribution in [2.45, 2.75) is 6.92 Å². The van der Waals surface area contributed by atoms with Crippen LogP contribution in [0.1, 0.15) is 16.6 Å². The van der Waals surface area contributed by atoms with Crippen molar-refractivity contribution < 1.29 is 9.59 Å². The second-order valence-corrected chi connectivity index (χ2v) is 4.49. The van der Waals surface area contributed by atoms with Crippen molar-refractivity contribution in [2.75, 3.05) is 10.6 Å². The molecule has 0 radical (unpaired) electrons. The lowest BCUT2D eigenvalue weighted by Gasteiger charge is -2.04. The highest BCUT2D eigenvalue weighted by atomic mass is 32.1. The molecule has 2 heterocycles. The molecule has 5 nitrogen and oxygen atoms in total. The fraction of sp³-hybridized carbons (Fsp3) is 0.0833. The number of anilines is 2. The van der Waals surface area contributed by atoms with Gasteiger partial charge in [-0.2, -0.15) is 0 Å². The molecule has 0 unspecified atom stereocenters. The van der Waals surface area contributed by atoms with E-state index in [2.05, 4.69) is 15.6 Å². The van der Waals surface area contributed by atoms with Gasteiger partial charge in [0.15, 0.2) is 0 Å². The molecule has 0 atom stereocenters. The molecular weight excluding hydrogens is 250 g/mol. The number of nitrogens with zero attached hydrogens (tertiary/aromatic N) is 1. The molecule has 6 heteroatoms. The number of rotatable bonds is 3. The van der Waals surface area contributed by atoms with Gasteiger partial charge in [0.1, 0.15) is 5.82 Å². The highest BCUT2D eigenvalue weighted by Crippen LogP contribution is 2.13. The summed E-state index contributed by atoms with van der Waals surface area (Å²) in [7, 11) is 0. The van der Waals surface area contributed by atoms with Crippen molar-refractivity contribution in [3.05, 3.63) is 40.7 Å². The van der Waals surface area contributed by atoms with Crippen LogP contribution in [-0.4, -0.2) is 16.8 Å². The molecule has 0 bridgehead atoms. The van der Waals surface area contributed by atoms with Crippen molar-refractivity contribution in [1.29, 1.82) is 0 Å². The summed E-state index contributed by atoms with van der Waals surface area (Å²) in [6, 6.07) is 6.87. The number of pyridine rings is 1. The van der Waals surface area contributed by atoms with Crippen LogP contribution in [0.3, 0.4) is 0 Å². The van der Waals surface area contributed by atoms with Gasteiger partial charge in [-0.15, -0.1) is 11.3 Å². The smallest absolute Gasteiger partial charge is 0.266 e. The van der Waals surface area contributed by atoms with Crippen LogP contribution in [0.2, 0.25) is 0 Å². The number of carbonyl (C=O) groups excluding carboxylic acids is 2. The molecule has 0 aromatic carbocycles. The summed E-state index contributed by atoms with van der Waals surface area (Å²) in [4.78, 5) is 27.2. The van der Waals surface area contributed by atoms with Gasteiger partial charge in [0.2, 0.25) is 5.91 Å². The van der Waals surface area contributed by atoms with Crippen molar-refractivity contribution in [1.82, 2.24) is 4.98 Å². The summed E-state index contributed by atoms with van der Waals surface area (Å²) in [5, 5.41) is 7.11. The van der Waals surface area contributed by atoms with E-state index in [0.717, 1.165) is 0 Å². The monoisotopic (exact) mass is 261 g/mol. The van der Waals surface area contributed by atoms with Gasteiger partial charge >= 0.3 is 0 Å². The topological polar surface area (TPSA) is 71.1 Å². The minimum Gasteiger partial charge on any atom is -0.325 e. The Morgan fingerprint density at radius 3 is 2.61 bits per heavy atom. The summed E-state index contributed by atoms with van der Waals surface area (Å²) in [6.45, 7) is 1.42. The van der Waals surface area contributed by atoms with Crippen molar-refractivity contribution in [3.63, 3.8) is 0 Å². The predicted octanol–water partition coefficient (Wildman–Crippen LogP) is 2.35. The summed E-state index contributed by atoms with van der Waals surface area (Å²) < 4.78 is 0. The Kier molecular flexibility index (Phi) is 3.69. The standard InChI is InChI=1S/C12H11N3O2S/c1-8(16)14-9-4-5-11(13-7-9)15-12(17)10-3-2-6-18-10/h2-7H,1H3,(H,14,16)(H,13,15,17). The molecule has 2 N–H and O–H groups in total. The Hall–Kier alpha value is -2.21. The maximum Gasteiger partial charge on any atom is 0.266 e. The van der Waals surface area contributed by atoms with Gasteiger partial charge in [-0.3, -0.25) is 9.59 Å². The van der Waals surface area contributed by atoms with Crippen LogP contribution in [0, 0.1) is 0 Å². The number of thiophene rings is 1. The van der Waals surface area contributed by atoms with E-state index in [1.807, 2.05) is 11.4 Å². The van der Waals surface area contributed by atoms with Crippen LogP contribution >= 0.6 is 11.3 Å². The summed E-state index contributed by atoms with van der Waals surface area (Å²) >= 11 is 1.37. The molecule has 2 aromatic heterocycles. The largest absolute Gasteiger partial charge is 0.325 e. The van der Waals surface area contributed by atoms with Gasteiger partial charge in [-0.05, 0) is 23.6 Å². The van der Waals surface area contributed by atoms with E-state index >= 15 is 0 Å². The van der Waals surface area contributed by atoms with Crippen LogP contribution in [0.5, 0.6) is 0 Å². The molecule has 0 aliphatic rings. The molecule has 0 aliphatic heterocycles. The lowest BCUT2D eigenvalue weighted by Crippen LogP contribution is -2.12. The SMILES string of the molecule is CC(=O)Nc1ccc(NC(=O)c2cccs2)nc1. The number of aromatic nitrogens is 1. The Morgan fingerprint density at radius 1 is 1.22 bits per heavy atom. The van der Waals surface area contributed by atoms with E-state index in [0.29, 0.717) is 16.4 Å². The molecule has 0 saturated carbocycles. The second-order valence-electron chi connectivity index (χ2n) is 3.54. The van der Waals surface area contributed by atoms with Crippen molar-refractivity contribution in [3.8, 4) is 0 Å². The van der Waals surface area contributed by atoms with E-state index in [4.69, 9.17) is 0 Å². The third-order valence-corrected chi connectivity index (χ3v) is 2.94. The molecule has 2 rings (SSSR count). The zero-order valence-electron chi connectivity index (χ0n) is 9.64. The van der Waals surface area contributed by atoms with Crippen LogP contribution in [0.25, 0.3) is 0 Å². The zero-order chi connectivity index (χ0) is 13.0. The molecule has 0 fully saturated rings. The first kappa shape index (κ1) is 12.3. The molecule has 0 aliphatic carbocycles. The molecule has 2 amide bonds. The van der Waals surface area contributed by atoms with Crippen LogP contribution < -0.4 is 10.6 Å². The summed E-state index contributed by atoms with van der Waals surface area (Å²) in [5.41, 5.74) is 0.594. The van der Waals surface area contributed by atoms with E-state index < -0.39 is 0 Å². The van der Waals surface area contributed by atoms with Gasteiger partial charge in [0, 0.05) is 6.92 Å². The first-order chi connectivity index (χ1) is 8.65. The number of hydrogen-bond acceptors (Lipinski definition) is 4. The van der Waals surface area contributed by atoms with Gasteiger partial charge in [0.05, 0.1) is 16.8 Å². The zero-order valence-corrected chi connectivity index (χ0v) is 10.5. The van der Waals surface area contributed by atoms with Gasteiger partial charge in [0.25, 0.3) is 5.91 Å². The van der Waals surface area contributed by atoms with Crippen LogP contribution in [0.4, 0.5) is 11.5 Å². The highest BCUT2D eigenvalue weighted by Gasteiger charge is 2.07. The first-order valence-corrected chi connectivity index (χ1v) is 6.11. The normalized spacial score (nSPS) is 9.83. The van der Waals surface area contributed by atoms with Crippen molar-refractivity contribution in [2.24, 2.45) is 0 Å². The highest BCUT2D eigenvalue weighted by molar-refractivity contribution is 7.12. The van der Waals surface area contributed by atoms with Gasteiger partial charge < -0.3 is 10.6 Å². The van der Waals surface area contributed by atoms with E-state index in [1.165, 1.54) is 24.5 Å². The Balaban J connectivity index is 2.02. The minimum atomic E-state index is -0.190. The number of nitrogens with one attached hydrogen (secondary N) is 2.